The molecule has 0 atom stereocenters. The summed E-state index contributed by atoms with van der Waals surface area (Å²) in [7, 11) is 0. The van der Waals surface area contributed by atoms with Gasteiger partial charge < -0.3 is 0 Å². The molecule has 0 aromatic rings. The standard InChI is InChI=1S/C6H14N4O2.CH6N4O/c7-9-5(11)3-1-2-4-6(12)10-8;2-4-1(6)5-3/h1-4,7-8H2,(H,9,11)(H,10,12);2-3H2,(H2,4,5,6). The monoisotopic (exact) mass is 264 g/mol. The molecule has 0 saturated carbocycles. The molecule has 0 bridgehead atoms. The Bertz CT molecular complexity index is 235. The summed E-state index contributed by atoms with van der Waals surface area (Å²) in [5.74, 6) is 18.3. The molecule has 0 saturated heterocycles. The number of nitrogens with two attached hydrogens (primary N) is 4. The van der Waals surface area contributed by atoms with Crippen molar-refractivity contribution in [3.63, 3.8) is 0 Å². The fourth-order valence-electron chi connectivity index (χ4n) is 0.757. The summed E-state index contributed by atoms with van der Waals surface area (Å²) in [4.78, 5) is 30.8. The largest absolute Gasteiger partial charge is 0.343 e. The first-order valence-corrected chi connectivity index (χ1v) is 4.97. The minimum Gasteiger partial charge on any atom is -0.294 e. The van der Waals surface area contributed by atoms with Crippen molar-refractivity contribution in [2.24, 2.45) is 23.4 Å². The Kier molecular flexibility index (Phi) is 13.4. The Balaban J connectivity index is 0. The number of carbonyl (C=O) groups is 3. The number of unbranched alkanes of at least 4 members (excludes halogenated alkanes) is 1. The van der Waals surface area contributed by atoms with Crippen molar-refractivity contribution in [3.05, 3.63) is 0 Å². The van der Waals surface area contributed by atoms with Gasteiger partial charge in [-0.2, -0.15) is 0 Å². The van der Waals surface area contributed by atoms with Gasteiger partial charge in [-0.15, -0.1) is 0 Å². The zero-order valence-electron chi connectivity index (χ0n) is 9.86. The van der Waals surface area contributed by atoms with Crippen LogP contribution < -0.4 is 45.1 Å². The minimum absolute atomic E-state index is 0.219. The van der Waals surface area contributed by atoms with Crippen molar-refractivity contribution in [2.45, 2.75) is 25.7 Å². The van der Waals surface area contributed by atoms with Gasteiger partial charge in [-0.1, -0.05) is 0 Å². The first kappa shape index (κ1) is 18.4. The second kappa shape index (κ2) is 13.1. The molecule has 106 valence electrons. The molecule has 0 radical (unpaired) electrons. The third-order valence-electron chi connectivity index (χ3n) is 1.64. The van der Waals surface area contributed by atoms with Crippen molar-refractivity contribution in [3.8, 4) is 0 Å². The third-order valence-corrected chi connectivity index (χ3v) is 1.64. The van der Waals surface area contributed by atoms with Gasteiger partial charge >= 0.3 is 6.03 Å². The van der Waals surface area contributed by atoms with Crippen LogP contribution in [0.5, 0.6) is 0 Å². The Morgan fingerprint density at radius 2 is 1.00 bits per heavy atom. The van der Waals surface area contributed by atoms with Crippen molar-refractivity contribution >= 4 is 17.8 Å². The van der Waals surface area contributed by atoms with Crippen molar-refractivity contribution < 1.29 is 14.4 Å². The van der Waals surface area contributed by atoms with Gasteiger partial charge in [0.15, 0.2) is 0 Å². The number of hydrogen-bond acceptors (Lipinski definition) is 7. The summed E-state index contributed by atoms with van der Waals surface area (Å²) < 4.78 is 0. The van der Waals surface area contributed by atoms with Crippen LogP contribution in [0.3, 0.4) is 0 Å². The molecule has 0 unspecified atom stereocenters. The van der Waals surface area contributed by atoms with Gasteiger partial charge in [0.2, 0.25) is 11.8 Å². The van der Waals surface area contributed by atoms with Crippen molar-refractivity contribution in [1.82, 2.24) is 21.7 Å². The number of nitrogens with one attached hydrogen (secondary N) is 4. The first-order chi connectivity index (χ1) is 8.51. The maximum absolute atomic E-state index is 10.6. The van der Waals surface area contributed by atoms with E-state index in [9.17, 15) is 14.4 Å². The van der Waals surface area contributed by atoms with E-state index >= 15 is 0 Å². The molecule has 0 aliphatic carbocycles. The summed E-state index contributed by atoms with van der Waals surface area (Å²) >= 11 is 0. The van der Waals surface area contributed by atoms with Gasteiger partial charge in [-0.3, -0.25) is 31.3 Å². The lowest BCUT2D eigenvalue weighted by molar-refractivity contribution is -0.123. The van der Waals surface area contributed by atoms with E-state index in [2.05, 4.69) is 11.7 Å². The van der Waals surface area contributed by atoms with Crippen LogP contribution in [0.25, 0.3) is 0 Å². The molecule has 0 fully saturated rings. The van der Waals surface area contributed by atoms with Gasteiger partial charge in [0, 0.05) is 12.8 Å². The molecule has 11 heteroatoms. The van der Waals surface area contributed by atoms with Crippen LogP contribution in [-0.4, -0.2) is 17.8 Å². The predicted octanol–water partition coefficient (Wildman–Crippen LogP) is -3.44. The predicted molar refractivity (Wildman–Crippen MR) is 63.2 cm³/mol. The molecular weight excluding hydrogens is 244 g/mol. The summed E-state index contributed by atoms with van der Waals surface area (Å²) in [5.41, 5.74) is 7.48. The zero-order valence-corrected chi connectivity index (χ0v) is 9.86. The topological polar surface area (TPSA) is 203 Å². The van der Waals surface area contributed by atoms with Crippen LogP contribution in [-0.2, 0) is 9.59 Å². The number of hydrogen-bond donors (Lipinski definition) is 8. The van der Waals surface area contributed by atoms with Gasteiger partial charge in [-0.25, -0.2) is 28.2 Å². The molecular formula is C7H20N8O3. The second-order valence-corrected chi connectivity index (χ2v) is 2.96. The van der Waals surface area contributed by atoms with Crippen molar-refractivity contribution in [2.75, 3.05) is 0 Å². The fraction of sp³-hybridized carbons (Fsp3) is 0.571. The van der Waals surface area contributed by atoms with E-state index in [-0.39, 0.29) is 11.8 Å². The normalized spacial score (nSPS) is 8.44. The second-order valence-electron chi connectivity index (χ2n) is 2.96. The van der Waals surface area contributed by atoms with E-state index in [1.165, 1.54) is 0 Å². The molecule has 0 aromatic carbocycles. The SMILES string of the molecule is NNC(=O)CCCCC(=O)NN.NNC(=O)NN. The molecule has 4 amide bonds. The highest BCUT2D eigenvalue weighted by atomic mass is 16.2. The van der Waals surface area contributed by atoms with E-state index in [1.807, 2.05) is 10.9 Å². The zero-order chi connectivity index (χ0) is 14.4. The molecule has 0 heterocycles. The van der Waals surface area contributed by atoms with E-state index in [4.69, 9.17) is 11.7 Å². The molecule has 0 rings (SSSR count). The molecule has 0 aliphatic heterocycles. The summed E-state index contributed by atoms with van der Waals surface area (Å²) in [6, 6.07) is -0.602. The van der Waals surface area contributed by atoms with Crippen LogP contribution in [0.1, 0.15) is 25.7 Å². The number of hydrazine groups is 4. The van der Waals surface area contributed by atoms with Crippen LogP contribution in [0.15, 0.2) is 0 Å². The highest BCUT2D eigenvalue weighted by molar-refractivity contribution is 5.76. The average molecular weight is 264 g/mol. The Hall–Kier alpha value is -1.95. The number of urea groups is 1. The molecule has 0 spiro atoms. The highest BCUT2D eigenvalue weighted by Crippen LogP contribution is 1.98. The highest BCUT2D eigenvalue weighted by Gasteiger charge is 2.00. The van der Waals surface area contributed by atoms with E-state index in [0.717, 1.165) is 0 Å². The van der Waals surface area contributed by atoms with E-state index in [1.54, 1.807) is 10.9 Å². The Labute approximate surface area is 104 Å². The van der Waals surface area contributed by atoms with Gasteiger partial charge in [-0.05, 0) is 12.8 Å². The fourth-order valence-corrected chi connectivity index (χ4v) is 0.757. The van der Waals surface area contributed by atoms with Crippen LogP contribution in [0, 0.1) is 0 Å². The number of rotatable bonds is 5. The number of amides is 4. The Morgan fingerprint density at radius 1 is 0.667 bits per heavy atom. The maximum atomic E-state index is 10.6. The van der Waals surface area contributed by atoms with Crippen LogP contribution in [0.2, 0.25) is 0 Å². The van der Waals surface area contributed by atoms with Gasteiger partial charge in [0.1, 0.15) is 0 Å². The van der Waals surface area contributed by atoms with E-state index in [0.29, 0.717) is 25.7 Å². The molecule has 12 N–H and O–H groups in total. The lowest BCUT2D eigenvalue weighted by Crippen LogP contribution is -2.43. The lowest BCUT2D eigenvalue weighted by Gasteiger charge is -1.99. The molecule has 0 aromatic heterocycles. The third kappa shape index (κ3) is 14.1. The summed E-state index contributed by atoms with van der Waals surface area (Å²) in [6.45, 7) is 0. The minimum atomic E-state index is -0.602. The molecule has 0 aliphatic rings. The van der Waals surface area contributed by atoms with E-state index < -0.39 is 6.03 Å². The van der Waals surface area contributed by atoms with Crippen LogP contribution in [0.4, 0.5) is 4.79 Å². The lowest BCUT2D eigenvalue weighted by atomic mass is 10.2. The summed E-state index contributed by atoms with van der Waals surface area (Å²) in [5, 5.41) is 0. The maximum Gasteiger partial charge on any atom is 0.343 e. The van der Waals surface area contributed by atoms with Gasteiger partial charge in [0.25, 0.3) is 0 Å². The van der Waals surface area contributed by atoms with Gasteiger partial charge in [0.05, 0.1) is 0 Å². The summed E-state index contributed by atoms with van der Waals surface area (Å²) in [6.07, 6.45) is 1.95. The molecule has 11 nitrogen and oxygen atoms in total. The Morgan fingerprint density at radius 3 is 1.17 bits per heavy atom. The number of carbonyl (C=O) groups excluding carboxylic acids is 3. The van der Waals surface area contributed by atoms with Crippen molar-refractivity contribution in [1.29, 1.82) is 0 Å². The van der Waals surface area contributed by atoms with Crippen LogP contribution >= 0.6 is 0 Å². The quantitative estimate of drug-likeness (QED) is 0.109. The first-order valence-electron chi connectivity index (χ1n) is 4.97. The molecule has 18 heavy (non-hydrogen) atoms. The smallest absolute Gasteiger partial charge is 0.294 e. The average Bonchev–Trinajstić information content (AvgIpc) is 2.42.